The number of hydrogen-bond acceptors (Lipinski definition) is 6. The average molecular weight is 497 g/mol. The highest BCUT2D eigenvalue weighted by atomic mass is 79.9. The Bertz CT molecular complexity index is 1130. The van der Waals surface area contributed by atoms with E-state index in [-0.39, 0.29) is 12.4 Å². The molecule has 7 nitrogen and oxygen atoms in total. The van der Waals surface area contributed by atoms with Crippen molar-refractivity contribution in [3.63, 3.8) is 0 Å². The Morgan fingerprint density at radius 1 is 1.03 bits per heavy atom. The average Bonchev–Trinajstić information content (AvgIpc) is 2.79. The first-order valence-electron chi connectivity index (χ1n) is 9.62. The van der Waals surface area contributed by atoms with Gasteiger partial charge in [0.05, 0.1) is 18.9 Å². The molecule has 0 aliphatic carbocycles. The molecule has 1 N–H and O–H groups in total. The van der Waals surface area contributed by atoms with Gasteiger partial charge >= 0.3 is 5.97 Å². The number of esters is 1. The topological polar surface area (TPSA) is 86.2 Å². The zero-order chi connectivity index (χ0) is 22.9. The van der Waals surface area contributed by atoms with Crippen molar-refractivity contribution in [1.82, 2.24) is 5.43 Å². The number of carbonyl (C=O) groups excluding carboxylic acids is 2. The summed E-state index contributed by atoms with van der Waals surface area (Å²) in [5.74, 6) is 0.308. The van der Waals surface area contributed by atoms with Crippen LogP contribution in [0.2, 0.25) is 0 Å². The fourth-order valence-corrected chi connectivity index (χ4v) is 3.07. The molecule has 1 amide bonds. The predicted molar refractivity (Wildman–Crippen MR) is 125 cm³/mol. The highest BCUT2D eigenvalue weighted by molar-refractivity contribution is 9.10. The highest BCUT2D eigenvalue weighted by Crippen LogP contribution is 2.29. The molecular formula is C24H21BrN2O5. The molecule has 0 unspecified atom stereocenters. The number of aryl methyl sites for hydroxylation is 1. The Morgan fingerprint density at radius 3 is 2.50 bits per heavy atom. The zero-order valence-electron chi connectivity index (χ0n) is 17.5. The van der Waals surface area contributed by atoms with E-state index in [1.807, 2.05) is 25.1 Å². The summed E-state index contributed by atoms with van der Waals surface area (Å²) in [6, 6.07) is 19.3. The molecule has 0 fully saturated rings. The molecule has 0 aliphatic rings. The summed E-state index contributed by atoms with van der Waals surface area (Å²) < 4.78 is 16.8. The quantitative estimate of drug-likeness (QED) is 0.214. The van der Waals surface area contributed by atoms with Crippen molar-refractivity contribution >= 4 is 34.0 Å². The number of carbonyl (C=O) groups is 2. The van der Waals surface area contributed by atoms with E-state index in [4.69, 9.17) is 14.2 Å². The van der Waals surface area contributed by atoms with E-state index in [9.17, 15) is 9.59 Å². The van der Waals surface area contributed by atoms with Crippen LogP contribution in [0.15, 0.2) is 76.3 Å². The van der Waals surface area contributed by atoms with E-state index in [0.29, 0.717) is 27.1 Å². The number of rotatable bonds is 8. The monoisotopic (exact) mass is 496 g/mol. The largest absolute Gasteiger partial charge is 0.493 e. The fraction of sp³-hybridized carbons (Fsp3) is 0.125. The summed E-state index contributed by atoms with van der Waals surface area (Å²) in [6.45, 7) is 1.81. The van der Waals surface area contributed by atoms with Crippen molar-refractivity contribution in [3.8, 4) is 17.2 Å². The van der Waals surface area contributed by atoms with Crippen molar-refractivity contribution in [1.29, 1.82) is 0 Å². The van der Waals surface area contributed by atoms with Crippen LogP contribution in [0, 0.1) is 6.92 Å². The van der Waals surface area contributed by atoms with Gasteiger partial charge in [0.2, 0.25) is 0 Å². The van der Waals surface area contributed by atoms with Crippen molar-refractivity contribution in [2.24, 2.45) is 5.10 Å². The number of hydrazone groups is 1. The van der Waals surface area contributed by atoms with Gasteiger partial charge in [0.1, 0.15) is 5.75 Å². The molecule has 0 bridgehead atoms. The minimum Gasteiger partial charge on any atom is -0.493 e. The zero-order valence-corrected chi connectivity index (χ0v) is 19.1. The van der Waals surface area contributed by atoms with Crippen LogP contribution < -0.4 is 19.6 Å². The molecule has 0 aliphatic heterocycles. The molecule has 0 spiro atoms. The third-order valence-corrected chi connectivity index (χ3v) is 4.97. The molecule has 0 atom stereocenters. The number of amides is 1. The Hall–Kier alpha value is -3.65. The maximum atomic E-state index is 12.4. The van der Waals surface area contributed by atoms with Gasteiger partial charge < -0.3 is 14.2 Å². The van der Waals surface area contributed by atoms with Crippen LogP contribution in [-0.2, 0) is 4.79 Å². The second-order valence-electron chi connectivity index (χ2n) is 6.67. The second kappa shape index (κ2) is 11.1. The molecule has 164 valence electrons. The Labute approximate surface area is 194 Å². The van der Waals surface area contributed by atoms with Gasteiger partial charge in [-0.3, -0.25) is 4.79 Å². The van der Waals surface area contributed by atoms with Crippen LogP contribution >= 0.6 is 15.9 Å². The molecule has 3 aromatic rings. The Kier molecular flexibility index (Phi) is 7.99. The summed E-state index contributed by atoms with van der Waals surface area (Å²) in [7, 11) is 1.47. The van der Waals surface area contributed by atoms with Crippen LogP contribution in [-0.4, -0.2) is 31.8 Å². The standard InChI is InChI=1S/C24H21BrN2O5/c1-16-7-10-18(11-8-16)31-15-23(28)27-26-14-17-9-12-21(22(13-17)30-2)32-24(29)19-5-3-4-6-20(19)25/h3-14H,15H2,1-2H3,(H,27,28). The lowest BCUT2D eigenvalue weighted by molar-refractivity contribution is -0.123. The third kappa shape index (κ3) is 6.42. The first-order valence-corrected chi connectivity index (χ1v) is 10.4. The molecule has 3 aromatic carbocycles. The van der Waals surface area contributed by atoms with Gasteiger partial charge in [-0.25, -0.2) is 10.2 Å². The molecular weight excluding hydrogens is 476 g/mol. The van der Waals surface area contributed by atoms with Crippen molar-refractivity contribution < 1.29 is 23.8 Å². The van der Waals surface area contributed by atoms with E-state index < -0.39 is 11.9 Å². The summed E-state index contributed by atoms with van der Waals surface area (Å²) in [4.78, 5) is 24.3. The molecule has 3 rings (SSSR count). The van der Waals surface area contributed by atoms with E-state index in [1.54, 1.807) is 48.5 Å². The van der Waals surface area contributed by atoms with Crippen LogP contribution in [0.3, 0.4) is 0 Å². The predicted octanol–water partition coefficient (Wildman–Crippen LogP) is 4.51. The summed E-state index contributed by atoms with van der Waals surface area (Å²) in [5, 5.41) is 3.92. The molecule has 0 radical (unpaired) electrons. The van der Waals surface area contributed by atoms with Gasteiger partial charge in [-0.2, -0.15) is 5.10 Å². The molecule has 32 heavy (non-hydrogen) atoms. The number of methoxy groups -OCH3 is 1. The van der Waals surface area contributed by atoms with E-state index in [1.165, 1.54) is 13.3 Å². The lowest BCUT2D eigenvalue weighted by atomic mass is 10.2. The van der Waals surface area contributed by atoms with E-state index in [0.717, 1.165) is 5.56 Å². The SMILES string of the molecule is COc1cc(C=NNC(=O)COc2ccc(C)cc2)ccc1OC(=O)c1ccccc1Br. The number of halogens is 1. The third-order valence-electron chi connectivity index (χ3n) is 4.28. The lowest BCUT2D eigenvalue weighted by Gasteiger charge is -2.10. The minimum absolute atomic E-state index is 0.159. The van der Waals surface area contributed by atoms with Crippen molar-refractivity contribution in [2.75, 3.05) is 13.7 Å². The van der Waals surface area contributed by atoms with Crippen molar-refractivity contribution in [2.45, 2.75) is 6.92 Å². The first-order chi connectivity index (χ1) is 15.5. The molecule has 8 heteroatoms. The number of nitrogens with zero attached hydrogens (tertiary/aromatic N) is 1. The fourth-order valence-electron chi connectivity index (χ4n) is 2.62. The maximum Gasteiger partial charge on any atom is 0.344 e. The van der Waals surface area contributed by atoms with Gasteiger partial charge in [0.15, 0.2) is 18.1 Å². The van der Waals surface area contributed by atoms with Gasteiger partial charge in [-0.15, -0.1) is 0 Å². The summed E-state index contributed by atoms with van der Waals surface area (Å²) in [6.07, 6.45) is 1.45. The number of nitrogens with one attached hydrogen (secondary N) is 1. The van der Waals surface area contributed by atoms with Gasteiger partial charge in [-0.1, -0.05) is 29.8 Å². The maximum absolute atomic E-state index is 12.4. The first kappa shape index (κ1) is 23.0. The van der Waals surface area contributed by atoms with Gasteiger partial charge in [0, 0.05) is 4.47 Å². The Balaban J connectivity index is 1.57. The van der Waals surface area contributed by atoms with E-state index >= 15 is 0 Å². The van der Waals surface area contributed by atoms with Crippen LogP contribution in [0.1, 0.15) is 21.5 Å². The highest BCUT2D eigenvalue weighted by Gasteiger charge is 2.15. The molecule has 0 saturated carbocycles. The smallest absolute Gasteiger partial charge is 0.344 e. The molecule has 0 aromatic heterocycles. The summed E-state index contributed by atoms with van der Waals surface area (Å²) in [5.41, 5.74) is 4.55. The second-order valence-corrected chi connectivity index (χ2v) is 7.53. The number of hydrogen-bond donors (Lipinski definition) is 1. The van der Waals surface area contributed by atoms with Crippen LogP contribution in [0.25, 0.3) is 0 Å². The normalized spacial score (nSPS) is 10.6. The number of benzene rings is 3. The summed E-state index contributed by atoms with van der Waals surface area (Å²) >= 11 is 3.33. The molecule has 0 heterocycles. The lowest BCUT2D eigenvalue weighted by Crippen LogP contribution is -2.24. The minimum atomic E-state index is -0.516. The van der Waals surface area contributed by atoms with Gasteiger partial charge in [-0.05, 0) is 70.9 Å². The van der Waals surface area contributed by atoms with Gasteiger partial charge in [0.25, 0.3) is 5.91 Å². The van der Waals surface area contributed by atoms with Crippen molar-refractivity contribution in [3.05, 3.63) is 87.9 Å². The molecule has 0 saturated heterocycles. The Morgan fingerprint density at radius 2 is 1.78 bits per heavy atom. The van der Waals surface area contributed by atoms with E-state index in [2.05, 4.69) is 26.5 Å². The van der Waals surface area contributed by atoms with Crippen LogP contribution in [0.4, 0.5) is 0 Å². The number of ether oxygens (including phenoxy) is 3. The van der Waals surface area contributed by atoms with Crippen LogP contribution in [0.5, 0.6) is 17.2 Å².